The van der Waals surface area contributed by atoms with Crippen LogP contribution in [0.5, 0.6) is 0 Å². The molecule has 122 valence electrons. The molecule has 5 nitrogen and oxygen atoms in total. The summed E-state index contributed by atoms with van der Waals surface area (Å²) in [6, 6.07) is 9.68. The van der Waals surface area contributed by atoms with Gasteiger partial charge in [-0.1, -0.05) is 30.3 Å². The molecule has 1 atom stereocenters. The summed E-state index contributed by atoms with van der Waals surface area (Å²) in [4.78, 5) is 19.1. The summed E-state index contributed by atoms with van der Waals surface area (Å²) in [7, 11) is 3.62. The number of ether oxygens (including phenoxy) is 1. The van der Waals surface area contributed by atoms with Crippen molar-refractivity contribution in [2.45, 2.75) is 24.9 Å². The number of nitrogens with zero attached hydrogens (tertiary/aromatic N) is 3. The summed E-state index contributed by atoms with van der Waals surface area (Å²) in [6.07, 6.45) is 5.19. The molecule has 1 amide bonds. The maximum atomic E-state index is 12.8. The Morgan fingerprint density at radius 2 is 1.96 bits per heavy atom. The molecular weight excluding hydrogens is 290 g/mol. The summed E-state index contributed by atoms with van der Waals surface area (Å²) in [5, 5.41) is 0. The Hall–Kier alpha value is -2.14. The molecule has 1 aliphatic rings. The van der Waals surface area contributed by atoms with Crippen LogP contribution in [-0.2, 0) is 16.6 Å². The number of benzene rings is 1. The van der Waals surface area contributed by atoms with Crippen molar-refractivity contribution >= 4 is 5.91 Å². The van der Waals surface area contributed by atoms with Crippen LogP contribution < -0.4 is 0 Å². The van der Waals surface area contributed by atoms with E-state index in [2.05, 4.69) is 9.55 Å². The second-order valence-electron chi connectivity index (χ2n) is 6.02. The van der Waals surface area contributed by atoms with E-state index in [1.807, 2.05) is 54.7 Å². The van der Waals surface area contributed by atoms with Crippen LogP contribution >= 0.6 is 0 Å². The maximum absolute atomic E-state index is 12.8. The van der Waals surface area contributed by atoms with Gasteiger partial charge in [-0.05, 0) is 18.4 Å². The molecule has 0 bridgehead atoms. The van der Waals surface area contributed by atoms with Crippen LogP contribution in [0, 0.1) is 0 Å². The number of piperidine rings is 1. The third kappa shape index (κ3) is 3.29. The van der Waals surface area contributed by atoms with E-state index in [-0.39, 0.29) is 5.91 Å². The number of amides is 1. The molecule has 1 saturated heterocycles. The molecule has 5 heteroatoms. The molecule has 1 aliphatic heterocycles. The van der Waals surface area contributed by atoms with Gasteiger partial charge in [-0.25, -0.2) is 4.98 Å². The third-order valence-electron chi connectivity index (χ3n) is 4.59. The molecule has 0 radical (unpaired) electrons. The average Bonchev–Trinajstić information content (AvgIpc) is 3.02. The van der Waals surface area contributed by atoms with Gasteiger partial charge in [0.2, 0.25) is 0 Å². The van der Waals surface area contributed by atoms with Gasteiger partial charge < -0.3 is 14.2 Å². The van der Waals surface area contributed by atoms with Gasteiger partial charge in [-0.3, -0.25) is 4.79 Å². The van der Waals surface area contributed by atoms with Crippen LogP contribution in [0.1, 0.15) is 36.3 Å². The fraction of sp³-hybridized carbons (Fsp3) is 0.444. The van der Waals surface area contributed by atoms with Crippen molar-refractivity contribution in [1.29, 1.82) is 0 Å². The van der Waals surface area contributed by atoms with Crippen molar-refractivity contribution in [3.05, 3.63) is 54.1 Å². The van der Waals surface area contributed by atoms with Crippen molar-refractivity contribution in [3.63, 3.8) is 0 Å². The minimum absolute atomic E-state index is 0.0528. The number of carbonyl (C=O) groups is 1. The molecule has 1 aromatic heterocycles. The summed E-state index contributed by atoms with van der Waals surface area (Å²) in [5.41, 5.74) is 0.909. The standard InChI is InChI=1S/C18H23N3O2/c1-20-13-10-19-17(20)15-8-11-21(12-9-15)18(22)16(23-2)14-6-4-3-5-7-14/h3-7,10,13,15-16H,8-9,11-12H2,1-2H3/t16-/m1/s1. The zero-order valence-corrected chi connectivity index (χ0v) is 13.7. The Kier molecular flexibility index (Phi) is 4.76. The first-order valence-electron chi connectivity index (χ1n) is 8.04. The van der Waals surface area contributed by atoms with E-state index in [1.54, 1.807) is 7.11 Å². The topological polar surface area (TPSA) is 47.4 Å². The van der Waals surface area contributed by atoms with E-state index >= 15 is 0 Å². The van der Waals surface area contributed by atoms with Crippen LogP contribution in [0.15, 0.2) is 42.7 Å². The monoisotopic (exact) mass is 313 g/mol. The highest BCUT2D eigenvalue weighted by atomic mass is 16.5. The molecule has 0 N–H and O–H groups in total. The Labute approximate surface area is 136 Å². The molecule has 0 aliphatic carbocycles. The van der Waals surface area contributed by atoms with Crippen LogP contribution in [0.3, 0.4) is 0 Å². The molecule has 1 aromatic carbocycles. The van der Waals surface area contributed by atoms with Gasteiger partial charge in [0.05, 0.1) is 0 Å². The molecular formula is C18H23N3O2. The summed E-state index contributed by atoms with van der Waals surface area (Å²) >= 11 is 0. The summed E-state index contributed by atoms with van der Waals surface area (Å²) in [6.45, 7) is 1.51. The second kappa shape index (κ2) is 6.96. The Morgan fingerprint density at radius 3 is 2.52 bits per heavy atom. The van der Waals surface area contributed by atoms with Gasteiger partial charge in [0.25, 0.3) is 5.91 Å². The number of likely N-dealkylation sites (tertiary alicyclic amines) is 1. The van der Waals surface area contributed by atoms with Gasteiger partial charge >= 0.3 is 0 Å². The lowest BCUT2D eigenvalue weighted by molar-refractivity contribution is -0.143. The largest absolute Gasteiger partial charge is 0.367 e. The Bertz CT molecular complexity index is 645. The molecule has 0 spiro atoms. The van der Waals surface area contributed by atoms with Gasteiger partial charge in [0, 0.05) is 45.6 Å². The van der Waals surface area contributed by atoms with E-state index in [0.29, 0.717) is 5.92 Å². The van der Waals surface area contributed by atoms with Crippen molar-refractivity contribution in [3.8, 4) is 0 Å². The predicted octanol–water partition coefficient (Wildman–Crippen LogP) is 2.51. The maximum Gasteiger partial charge on any atom is 0.256 e. The lowest BCUT2D eigenvalue weighted by Gasteiger charge is -2.33. The molecule has 3 rings (SSSR count). The molecule has 2 aromatic rings. The van der Waals surface area contributed by atoms with Crippen molar-refractivity contribution < 1.29 is 9.53 Å². The molecule has 23 heavy (non-hydrogen) atoms. The number of aromatic nitrogens is 2. The first kappa shape index (κ1) is 15.7. The highest BCUT2D eigenvalue weighted by molar-refractivity contribution is 5.82. The Morgan fingerprint density at radius 1 is 1.26 bits per heavy atom. The van der Waals surface area contributed by atoms with Crippen molar-refractivity contribution in [2.24, 2.45) is 7.05 Å². The minimum Gasteiger partial charge on any atom is -0.367 e. The minimum atomic E-state index is -0.513. The zero-order chi connectivity index (χ0) is 16.2. The SMILES string of the molecule is CO[C@@H](C(=O)N1CCC(c2nccn2C)CC1)c1ccccc1. The third-order valence-corrected chi connectivity index (χ3v) is 4.59. The molecule has 0 unspecified atom stereocenters. The quantitative estimate of drug-likeness (QED) is 0.871. The van der Waals surface area contributed by atoms with Gasteiger partial charge in [-0.2, -0.15) is 0 Å². The number of hydrogen-bond donors (Lipinski definition) is 0. The van der Waals surface area contributed by atoms with E-state index in [9.17, 15) is 4.79 Å². The second-order valence-corrected chi connectivity index (χ2v) is 6.02. The van der Waals surface area contributed by atoms with Crippen LogP contribution in [0.25, 0.3) is 0 Å². The van der Waals surface area contributed by atoms with Gasteiger partial charge in [0.1, 0.15) is 5.82 Å². The molecule has 1 fully saturated rings. The smallest absolute Gasteiger partial charge is 0.256 e. The summed E-state index contributed by atoms with van der Waals surface area (Å²) in [5.74, 6) is 1.59. The van der Waals surface area contributed by atoms with E-state index in [4.69, 9.17) is 4.74 Å². The van der Waals surface area contributed by atoms with E-state index < -0.39 is 6.10 Å². The van der Waals surface area contributed by atoms with E-state index in [1.165, 1.54) is 0 Å². The fourth-order valence-corrected chi connectivity index (χ4v) is 3.30. The van der Waals surface area contributed by atoms with Gasteiger partial charge in [-0.15, -0.1) is 0 Å². The number of hydrogen-bond acceptors (Lipinski definition) is 3. The van der Waals surface area contributed by atoms with E-state index in [0.717, 1.165) is 37.3 Å². The lowest BCUT2D eigenvalue weighted by Crippen LogP contribution is -2.41. The zero-order valence-electron chi connectivity index (χ0n) is 13.7. The number of carbonyl (C=O) groups excluding carboxylic acids is 1. The van der Waals surface area contributed by atoms with Crippen LogP contribution in [0.2, 0.25) is 0 Å². The van der Waals surface area contributed by atoms with Crippen molar-refractivity contribution in [1.82, 2.24) is 14.5 Å². The predicted molar refractivity (Wildman–Crippen MR) is 88.0 cm³/mol. The number of methoxy groups -OCH3 is 1. The number of aryl methyl sites for hydroxylation is 1. The van der Waals surface area contributed by atoms with Crippen LogP contribution in [0.4, 0.5) is 0 Å². The highest BCUT2D eigenvalue weighted by Gasteiger charge is 2.30. The number of rotatable bonds is 4. The molecule has 0 saturated carbocycles. The first-order valence-corrected chi connectivity index (χ1v) is 8.04. The van der Waals surface area contributed by atoms with Gasteiger partial charge in [0.15, 0.2) is 6.10 Å². The fourth-order valence-electron chi connectivity index (χ4n) is 3.30. The highest BCUT2D eigenvalue weighted by Crippen LogP contribution is 2.28. The molecule has 2 heterocycles. The summed E-state index contributed by atoms with van der Waals surface area (Å²) < 4.78 is 7.54. The van der Waals surface area contributed by atoms with Crippen molar-refractivity contribution in [2.75, 3.05) is 20.2 Å². The lowest BCUT2D eigenvalue weighted by atomic mass is 9.95. The average molecular weight is 313 g/mol. The Balaban J connectivity index is 1.65. The first-order chi connectivity index (χ1) is 11.2. The normalized spacial score (nSPS) is 17.2. The van der Waals surface area contributed by atoms with Crippen LogP contribution in [-0.4, -0.2) is 40.6 Å². The number of imidazole rings is 1.